The van der Waals surface area contributed by atoms with Crippen LogP contribution in [0, 0.1) is 6.92 Å². The van der Waals surface area contributed by atoms with Crippen molar-refractivity contribution in [2.24, 2.45) is 0 Å². The Hall–Kier alpha value is -2.20. The minimum absolute atomic E-state index is 0.0875. The molecule has 1 fully saturated rings. The zero-order valence-electron chi connectivity index (χ0n) is 15.4. The average Bonchev–Trinajstić information content (AvgIpc) is 2.66. The second-order valence-corrected chi connectivity index (χ2v) is 7.27. The molecule has 1 amide bonds. The van der Waals surface area contributed by atoms with Crippen LogP contribution in [-0.2, 0) is 4.79 Å². The number of rotatable bonds is 5. The zero-order valence-corrected chi connectivity index (χ0v) is 16.1. The molecule has 0 saturated carbocycles. The van der Waals surface area contributed by atoms with Crippen molar-refractivity contribution in [1.82, 2.24) is 0 Å². The molecule has 1 unspecified atom stereocenters. The van der Waals surface area contributed by atoms with E-state index < -0.39 is 0 Å². The van der Waals surface area contributed by atoms with Gasteiger partial charge in [0.2, 0.25) is 5.91 Å². The number of piperidine rings is 1. The monoisotopic (exact) mass is 371 g/mol. The van der Waals surface area contributed by atoms with Crippen molar-refractivity contribution in [3.8, 4) is 0 Å². The standard InChI is InChI=1S/C21H26ClN3O/c1-15-19(22)7-6-8-20(15)24-21(26)16(2)23-17-9-11-18(12-10-17)25-13-4-3-5-14-25/h6-12,16,23H,3-5,13-14H2,1-2H3,(H,24,26). The topological polar surface area (TPSA) is 44.4 Å². The lowest BCUT2D eigenvalue weighted by atomic mass is 10.1. The molecule has 0 aromatic heterocycles. The molecule has 1 aliphatic heterocycles. The highest BCUT2D eigenvalue weighted by Gasteiger charge is 2.15. The Morgan fingerprint density at radius 1 is 1.08 bits per heavy atom. The molecule has 138 valence electrons. The van der Waals surface area contributed by atoms with Crippen LogP contribution in [0.1, 0.15) is 31.7 Å². The molecule has 2 N–H and O–H groups in total. The third-order valence-corrected chi connectivity index (χ3v) is 5.30. The highest BCUT2D eigenvalue weighted by atomic mass is 35.5. The van der Waals surface area contributed by atoms with Crippen molar-refractivity contribution in [3.63, 3.8) is 0 Å². The summed E-state index contributed by atoms with van der Waals surface area (Å²) >= 11 is 6.11. The number of amides is 1. The number of hydrogen-bond acceptors (Lipinski definition) is 3. The first-order valence-corrected chi connectivity index (χ1v) is 9.60. The Morgan fingerprint density at radius 2 is 1.77 bits per heavy atom. The molecular weight excluding hydrogens is 346 g/mol. The van der Waals surface area contributed by atoms with Gasteiger partial charge in [0.25, 0.3) is 0 Å². The summed E-state index contributed by atoms with van der Waals surface area (Å²) in [7, 11) is 0. The molecule has 1 atom stereocenters. The predicted molar refractivity (Wildman–Crippen MR) is 110 cm³/mol. The molecule has 4 nitrogen and oxygen atoms in total. The summed E-state index contributed by atoms with van der Waals surface area (Å²) in [5.41, 5.74) is 3.82. The zero-order chi connectivity index (χ0) is 18.5. The Morgan fingerprint density at radius 3 is 2.46 bits per heavy atom. The van der Waals surface area contributed by atoms with Gasteiger partial charge >= 0.3 is 0 Å². The largest absolute Gasteiger partial charge is 0.374 e. The van der Waals surface area contributed by atoms with Crippen LogP contribution in [-0.4, -0.2) is 25.0 Å². The summed E-state index contributed by atoms with van der Waals surface area (Å²) in [5, 5.41) is 6.85. The predicted octanol–water partition coefficient (Wildman–Crippen LogP) is 5.08. The molecule has 26 heavy (non-hydrogen) atoms. The number of anilines is 3. The van der Waals surface area contributed by atoms with E-state index in [1.54, 1.807) is 0 Å². The average molecular weight is 372 g/mol. The van der Waals surface area contributed by atoms with Gasteiger partial charge in [0.1, 0.15) is 6.04 Å². The van der Waals surface area contributed by atoms with Gasteiger partial charge in [-0.3, -0.25) is 4.79 Å². The molecule has 2 aromatic rings. The lowest BCUT2D eigenvalue weighted by Gasteiger charge is -2.29. The number of nitrogens with one attached hydrogen (secondary N) is 2. The Labute approximate surface area is 160 Å². The summed E-state index contributed by atoms with van der Waals surface area (Å²) in [4.78, 5) is 14.9. The highest BCUT2D eigenvalue weighted by molar-refractivity contribution is 6.31. The van der Waals surface area contributed by atoms with E-state index in [1.165, 1.54) is 24.9 Å². The van der Waals surface area contributed by atoms with Crippen LogP contribution in [0.15, 0.2) is 42.5 Å². The maximum absolute atomic E-state index is 12.5. The third kappa shape index (κ3) is 4.50. The molecule has 0 radical (unpaired) electrons. The minimum Gasteiger partial charge on any atom is -0.374 e. The molecule has 0 aliphatic carbocycles. The lowest BCUT2D eigenvalue weighted by Crippen LogP contribution is -2.32. The maximum atomic E-state index is 12.5. The molecule has 0 bridgehead atoms. The summed E-state index contributed by atoms with van der Waals surface area (Å²) in [6.07, 6.45) is 3.86. The van der Waals surface area contributed by atoms with E-state index in [0.29, 0.717) is 5.02 Å². The van der Waals surface area contributed by atoms with Gasteiger partial charge in [-0.1, -0.05) is 17.7 Å². The summed E-state index contributed by atoms with van der Waals surface area (Å²) in [6, 6.07) is 13.5. The first-order chi connectivity index (χ1) is 12.5. The van der Waals surface area contributed by atoms with Gasteiger partial charge in [-0.05, 0) is 75.1 Å². The molecule has 1 aliphatic rings. The normalized spacial score (nSPS) is 15.4. The Kier molecular flexibility index (Phi) is 6.04. The van der Waals surface area contributed by atoms with E-state index in [9.17, 15) is 4.79 Å². The lowest BCUT2D eigenvalue weighted by molar-refractivity contribution is -0.116. The van der Waals surface area contributed by atoms with Gasteiger partial charge in [-0.15, -0.1) is 0 Å². The fraction of sp³-hybridized carbons (Fsp3) is 0.381. The first kappa shape index (κ1) is 18.6. The van der Waals surface area contributed by atoms with Crippen molar-refractivity contribution >= 4 is 34.6 Å². The van der Waals surface area contributed by atoms with Crippen LogP contribution >= 0.6 is 11.6 Å². The van der Waals surface area contributed by atoms with Crippen molar-refractivity contribution in [1.29, 1.82) is 0 Å². The van der Waals surface area contributed by atoms with Crippen LogP contribution in [0.4, 0.5) is 17.1 Å². The molecule has 2 aromatic carbocycles. The van der Waals surface area contributed by atoms with E-state index in [0.717, 1.165) is 30.0 Å². The summed E-state index contributed by atoms with van der Waals surface area (Å²) in [6.45, 7) is 6.01. The summed E-state index contributed by atoms with van der Waals surface area (Å²) < 4.78 is 0. The van der Waals surface area contributed by atoms with E-state index in [2.05, 4.69) is 27.7 Å². The van der Waals surface area contributed by atoms with Crippen LogP contribution in [0.2, 0.25) is 5.02 Å². The van der Waals surface area contributed by atoms with Crippen molar-refractivity contribution in [2.45, 2.75) is 39.2 Å². The third-order valence-electron chi connectivity index (χ3n) is 4.89. The van der Waals surface area contributed by atoms with Gasteiger partial charge < -0.3 is 15.5 Å². The maximum Gasteiger partial charge on any atom is 0.246 e. The number of benzene rings is 2. The van der Waals surface area contributed by atoms with E-state index in [-0.39, 0.29) is 11.9 Å². The number of hydrogen-bond donors (Lipinski definition) is 2. The fourth-order valence-electron chi connectivity index (χ4n) is 3.22. The number of nitrogens with zero attached hydrogens (tertiary/aromatic N) is 1. The fourth-order valence-corrected chi connectivity index (χ4v) is 3.39. The smallest absolute Gasteiger partial charge is 0.246 e. The SMILES string of the molecule is Cc1c(Cl)cccc1NC(=O)C(C)Nc1ccc(N2CCCCC2)cc1. The molecule has 1 heterocycles. The number of carbonyl (C=O) groups is 1. The van der Waals surface area contributed by atoms with E-state index >= 15 is 0 Å². The highest BCUT2D eigenvalue weighted by Crippen LogP contribution is 2.24. The summed E-state index contributed by atoms with van der Waals surface area (Å²) in [5.74, 6) is -0.0875. The van der Waals surface area contributed by atoms with Gasteiger partial charge in [0.15, 0.2) is 0 Å². The van der Waals surface area contributed by atoms with Gasteiger partial charge in [-0.25, -0.2) is 0 Å². The molecule has 0 spiro atoms. The van der Waals surface area contributed by atoms with Crippen LogP contribution in [0.25, 0.3) is 0 Å². The number of halogens is 1. The first-order valence-electron chi connectivity index (χ1n) is 9.22. The van der Waals surface area contributed by atoms with Gasteiger partial charge in [0, 0.05) is 35.2 Å². The van der Waals surface area contributed by atoms with Crippen molar-refractivity contribution < 1.29 is 4.79 Å². The Balaban J connectivity index is 1.59. The second-order valence-electron chi connectivity index (χ2n) is 6.86. The van der Waals surface area contributed by atoms with E-state index in [1.807, 2.05) is 44.2 Å². The van der Waals surface area contributed by atoms with Crippen LogP contribution in [0.3, 0.4) is 0 Å². The second kappa shape index (κ2) is 8.45. The quantitative estimate of drug-likeness (QED) is 0.770. The van der Waals surface area contributed by atoms with E-state index in [4.69, 9.17) is 11.6 Å². The van der Waals surface area contributed by atoms with Crippen LogP contribution < -0.4 is 15.5 Å². The van der Waals surface area contributed by atoms with Gasteiger partial charge in [-0.2, -0.15) is 0 Å². The molecular formula is C21H26ClN3O. The molecule has 5 heteroatoms. The molecule has 3 rings (SSSR count). The molecule has 1 saturated heterocycles. The van der Waals surface area contributed by atoms with Crippen LogP contribution in [0.5, 0.6) is 0 Å². The number of carbonyl (C=O) groups excluding carboxylic acids is 1. The Bertz CT molecular complexity index is 754. The van der Waals surface area contributed by atoms with Gasteiger partial charge in [0.05, 0.1) is 0 Å². The minimum atomic E-state index is -0.353. The van der Waals surface area contributed by atoms with Crippen molar-refractivity contribution in [3.05, 3.63) is 53.1 Å². The van der Waals surface area contributed by atoms with Crippen molar-refractivity contribution in [2.75, 3.05) is 28.6 Å².